The van der Waals surface area contributed by atoms with Crippen molar-refractivity contribution < 1.29 is 4.74 Å². The fourth-order valence-electron chi connectivity index (χ4n) is 1.52. The molecule has 15 heavy (non-hydrogen) atoms. The van der Waals surface area contributed by atoms with Gasteiger partial charge in [0, 0.05) is 0 Å². The highest BCUT2D eigenvalue weighted by Gasteiger charge is 2.06. The smallest absolute Gasteiger partial charge is 0.138 e. The zero-order valence-corrected chi connectivity index (χ0v) is 10.1. The zero-order valence-electron chi connectivity index (χ0n) is 9.35. The predicted molar refractivity (Wildman–Crippen MR) is 64.7 cm³/mol. The third-order valence-electron chi connectivity index (χ3n) is 2.34. The molecule has 0 atom stereocenters. The first-order valence-electron chi connectivity index (χ1n) is 5.31. The standard InChI is InChI=1S/C12H18ClNO/c1-3-15-12-7-9(2)10(5-4-6-14)8-11(12)13/h7-8H,3-6,14H2,1-2H3. The molecule has 1 rings (SSSR count). The average molecular weight is 228 g/mol. The molecule has 0 heterocycles. The molecular formula is C12H18ClNO. The first kappa shape index (κ1) is 12.3. The maximum Gasteiger partial charge on any atom is 0.138 e. The van der Waals surface area contributed by atoms with Crippen molar-refractivity contribution in [2.24, 2.45) is 5.73 Å². The van der Waals surface area contributed by atoms with Gasteiger partial charge in [-0.15, -0.1) is 0 Å². The lowest BCUT2D eigenvalue weighted by atomic mass is 10.0. The Kier molecular flexibility index (Phi) is 4.92. The van der Waals surface area contributed by atoms with Gasteiger partial charge in [-0.2, -0.15) is 0 Å². The normalized spacial score (nSPS) is 10.4. The van der Waals surface area contributed by atoms with Crippen molar-refractivity contribution in [3.8, 4) is 5.75 Å². The minimum atomic E-state index is 0.640. The maximum atomic E-state index is 6.10. The van der Waals surface area contributed by atoms with Gasteiger partial charge in [-0.05, 0) is 56.5 Å². The molecule has 2 nitrogen and oxygen atoms in total. The van der Waals surface area contributed by atoms with Crippen LogP contribution in [-0.2, 0) is 6.42 Å². The summed E-state index contributed by atoms with van der Waals surface area (Å²) in [4.78, 5) is 0. The number of ether oxygens (including phenoxy) is 1. The van der Waals surface area contributed by atoms with E-state index in [0.29, 0.717) is 18.2 Å². The second-order valence-corrected chi connectivity index (χ2v) is 3.94. The number of nitrogens with two attached hydrogens (primary N) is 1. The Hall–Kier alpha value is -0.730. The molecule has 0 aliphatic heterocycles. The average Bonchev–Trinajstić information content (AvgIpc) is 2.21. The second kappa shape index (κ2) is 5.99. The molecule has 3 heteroatoms. The summed E-state index contributed by atoms with van der Waals surface area (Å²) in [7, 11) is 0. The number of aryl methyl sites for hydroxylation is 2. The number of halogens is 1. The van der Waals surface area contributed by atoms with E-state index in [1.807, 2.05) is 19.1 Å². The topological polar surface area (TPSA) is 35.2 Å². The highest BCUT2D eigenvalue weighted by atomic mass is 35.5. The SMILES string of the molecule is CCOc1cc(C)c(CCCN)cc1Cl. The van der Waals surface area contributed by atoms with Crippen molar-refractivity contribution in [1.29, 1.82) is 0 Å². The Morgan fingerprint density at radius 1 is 1.40 bits per heavy atom. The van der Waals surface area contributed by atoms with Gasteiger partial charge in [0.05, 0.1) is 11.6 Å². The van der Waals surface area contributed by atoms with Crippen molar-refractivity contribution in [1.82, 2.24) is 0 Å². The molecule has 0 aliphatic carbocycles. The summed E-state index contributed by atoms with van der Waals surface area (Å²) in [6.45, 7) is 5.38. The van der Waals surface area contributed by atoms with E-state index < -0.39 is 0 Å². The summed E-state index contributed by atoms with van der Waals surface area (Å²) >= 11 is 6.10. The van der Waals surface area contributed by atoms with E-state index in [-0.39, 0.29) is 0 Å². The Morgan fingerprint density at radius 3 is 2.73 bits per heavy atom. The van der Waals surface area contributed by atoms with E-state index >= 15 is 0 Å². The lowest BCUT2D eigenvalue weighted by Gasteiger charge is -2.11. The van der Waals surface area contributed by atoms with Gasteiger partial charge >= 0.3 is 0 Å². The molecule has 0 unspecified atom stereocenters. The molecule has 0 fully saturated rings. The van der Waals surface area contributed by atoms with Crippen LogP contribution in [0.15, 0.2) is 12.1 Å². The molecule has 0 saturated heterocycles. The zero-order chi connectivity index (χ0) is 11.3. The number of benzene rings is 1. The van der Waals surface area contributed by atoms with Gasteiger partial charge in [-0.1, -0.05) is 11.6 Å². The maximum absolute atomic E-state index is 6.10. The van der Waals surface area contributed by atoms with Crippen LogP contribution in [0.25, 0.3) is 0 Å². The van der Waals surface area contributed by atoms with Gasteiger partial charge in [0.1, 0.15) is 5.75 Å². The fraction of sp³-hybridized carbons (Fsp3) is 0.500. The monoisotopic (exact) mass is 227 g/mol. The molecule has 84 valence electrons. The van der Waals surface area contributed by atoms with Crippen LogP contribution in [0.2, 0.25) is 5.02 Å². The first-order chi connectivity index (χ1) is 7.19. The van der Waals surface area contributed by atoms with Crippen LogP contribution in [0.5, 0.6) is 5.75 Å². The molecule has 1 aromatic carbocycles. The molecule has 0 spiro atoms. The first-order valence-corrected chi connectivity index (χ1v) is 5.68. The second-order valence-electron chi connectivity index (χ2n) is 3.53. The molecule has 0 amide bonds. The Bertz CT molecular complexity index is 326. The lowest BCUT2D eigenvalue weighted by molar-refractivity contribution is 0.340. The molecule has 1 aromatic rings. The third kappa shape index (κ3) is 3.40. The van der Waals surface area contributed by atoms with Gasteiger partial charge in [0.25, 0.3) is 0 Å². The van der Waals surface area contributed by atoms with E-state index in [9.17, 15) is 0 Å². The summed E-state index contributed by atoms with van der Waals surface area (Å²) in [5.41, 5.74) is 7.96. The van der Waals surface area contributed by atoms with Crippen molar-refractivity contribution in [3.05, 3.63) is 28.3 Å². The van der Waals surface area contributed by atoms with Crippen molar-refractivity contribution in [3.63, 3.8) is 0 Å². The van der Waals surface area contributed by atoms with Gasteiger partial charge in [0.2, 0.25) is 0 Å². The molecule has 0 aromatic heterocycles. The van der Waals surface area contributed by atoms with E-state index in [2.05, 4.69) is 6.92 Å². The molecular weight excluding hydrogens is 210 g/mol. The van der Waals surface area contributed by atoms with Gasteiger partial charge in [-0.3, -0.25) is 0 Å². The number of rotatable bonds is 5. The van der Waals surface area contributed by atoms with Crippen LogP contribution in [0.1, 0.15) is 24.5 Å². The van der Waals surface area contributed by atoms with E-state index in [4.69, 9.17) is 22.1 Å². The predicted octanol–water partition coefficient (Wildman–Crippen LogP) is 2.94. The van der Waals surface area contributed by atoms with E-state index in [0.717, 1.165) is 18.6 Å². The van der Waals surface area contributed by atoms with Crippen LogP contribution in [0.4, 0.5) is 0 Å². The van der Waals surface area contributed by atoms with Gasteiger partial charge < -0.3 is 10.5 Å². The largest absolute Gasteiger partial charge is 0.492 e. The van der Waals surface area contributed by atoms with E-state index in [1.165, 1.54) is 11.1 Å². The van der Waals surface area contributed by atoms with Crippen LogP contribution < -0.4 is 10.5 Å². The molecule has 2 N–H and O–H groups in total. The highest BCUT2D eigenvalue weighted by Crippen LogP contribution is 2.28. The summed E-state index contributed by atoms with van der Waals surface area (Å²) in [5.74, 6) is 0.771. The summed E-state index contributed by atoms with van der Waals surface area (Å²) in [5, 5.41) is 0.689. The van der Waals surface area contributed by atoms with E-state index in [1.54, 1.807) is 0 Å². The summed E-state index contributed by atoms with van der Waals surface area (Å²) in [6, 6.07) is 3.98. The van der Waals surface area contributed by atoms with Gasteiger partial charge in [0.15, 0.2) is 0 Å². The van der Waals surface area contributed by atoms with Crippen LogP contribution in [-0.4, -0.2) is 13.2 Å². The molecule has 0 aliphatic rings. The van der Waals surface area contributed by atoms with Gasteiger partial charge in [-0.25, -0.2) is 0 Å². The van der Waals surface area contributed by atoms with Crippen molar-refractivity contribution in [2.75, 3.05) is 13.2 Å². The highest BCUT2D eigenvalue weighted by molar-refractivity contribution is 6.32. The minimum absolute atomic E-state index is 0.640. The molecule has 0 radical (unpaired) electrons. The summed E-state index contributed by atoms with van der Waals surface area (Å²) < 4.78 is 5.42. The van der Waals surface area contributed by atoms with Crippen LogP contribution in [0.3, 0.4) is 0 Å². The Labute approximate surface area is 96.4 Å². The molecule has 0 saturated carbocycles. The minimum Gasteiger partial charge on any atom is -0.492 e. The van der Waals surface area contributed by atoms with Crippen molar-refractivity contribution >= 4 is 11.6 Å². The fourth-order valence-corrected chi connectivity index (χ4v) is 1.76. The lowest BCUT2D eigenvalue weighted by Crippen LogP contribution is -2.02. The van der Waals surface area contributed by atoms with Crippen molar-refractivity contribution in [2.45, 2.75) is 26.7 Å². The Morgan fingerprint density at radius 2 is 2.13 bits per heavy atom. The molecule has 0 bridgehead atoms. The summed E-state index contributed by atoms with van der Waals surface area (Å²) in [6.07, 6.45) is 1.97. The number of hydrogen-bond donors (Lipinski definition) is 1. The quantitative estimate of drug-likeness (QED) is 0.840. The Balaban J connectivity index is 2.87. The van der Waals surface area contributed by atoms with Crippen LogP contribution in [0, 0.1) is 6.92 Å². The third-order valence-corrected chi connectivity index (χ3v) is 2.64. The number of hydrogen-bond acceptors (Lipinski definition) is 2. The van der Waals surface area contributed by atoms with Crippen LogP contribution >= 0.6 is 11.6 Å².